The van der Waals surface area contributed by atoms with Crippen molar-refractivity contribution < 1.29 is 0 Å². The molecule has 1 aliphatic carbocycles. The lowest BCUT2D eigenvalue weighted by Crippen LogP contribution is -2.39. The van der Waals surface area contributed by atoms with Crippen LogP contribution in [0.25, 0.3) is 0 Å². The van der Waals surface area contributed by atoms with Gasteiger partial charge in [0.15, 0.2) is 0 Å². The molecule has 0 aliphatic heterocycles. The number of benzene rings is 1. The summed E-state index contributed by atoms with van der Waals surface area (Å²) in [7, 11) is 0. The van der Waals surface area contributed by atoms with Gasteiger partial charge in [-0.2, -0.15) is 0 Å². The predicted octanol–water partition coefficient (Wildman–Crippen LogP) is 2.71. The smallest absolute Gasteiger partial charge is 0.0439 e. The highest BCUT2D eigenvalue weighted by Crippen LogP contribution is 2.25. The summed E-state index contributed by atoms with van der Waals surface area (Å²) in [5.74, 6) is 0. The van der Waals surface area contributed by atoms with Gasteiger partial charge in [0.05, 0.1) is 0 Å². The zero-order valence-corrected chi connectivity index (χ0v) is 10.3. The second kappa shape index (κ2) is 4.46. The zero-order chi connectivity index (χ0) is 11.6. The van der Waals surface area contributed by atoms with Crippen LogP contribution in [0.15, 0.2) is 18.2 Å². The standard InChI is InChI=1S/C14H22N2/c1-14(2,10-15)16-13-8-7-11-5-3-4-6-12(11)9-13/h7-9,16H,3-6,10,15H2,1-2H3. The van der Waals surface area contributed by atoms with Crippen LogP contribution < -0.4 is 11.1 Å². The van der Waals surface area contributed by atoms with Crippen LogP contribution in [0.1, 0.15) is 37.8 Å². The maximum atomic E-state index is 5.73. The van der Waals surface area contributed by atoms with E-state index in [1.807, 2.05) is 0 Å². The van der Waals surface area contributed by atoms with E-state index in [1.165, 1.54) is 42.5 Å². The second-order valence-electron chi connectivity index (χ2n) is 5.40. The van der Waals surface area contributed by atoms with Crippen molar-refractivity contribution in [3.05, 3.63) is 29.3 Å². The molecule has 1 aliphatic rings. The van der Waals surface area contributed by atoms with Crippen LogP contribution >= 0.6 is 0 Å². The van der Waals surface area contributed by atoms with Gasteiger partial charge in [-0.3, -0.25) is 0 Å². The van der Waals surface area contributed by atoms with Crippen molar-refractivity contribution in [3.63, 3.8) is 0 Å². The van der Waals surface area contributed by atoms with Crippen molar-refractivity contribution >= 4 is 5.69 Å². The molecule has 0 radical (unpaired) electrons. The molecule has 2 nitrogen and oxygen atoms in total. The van der Waals surface area contributed by atoms with Crippen molar-refractivity contribution in [1.82, 2.24) is 0 Å². The first kappa shape index (κ1) is 11.5. The quantitative estimate of drug-likeness (QED) is 0.818. The van der Waals surface area contributed by atoms with Crippen LogP contribution in [0.3, 0.4) is 0 Å². The SMILES string of the molecule is CC(C)(CN)Nc1ccc2c(c1)CCCC2. The van der Waals surface area contributed by atoms with Gasteiger partial charge in [0.1, 0.15) is 0 Å². The highest BCUT2D eigenvalue weighted by Gasteiger charge is 2.16. The highest BCUT2D eigenvalue weighted by atomic mass is 15.0. The Morgan fingerprint density at radius 1 is 1.19 bits per heavy atom. The fourth-order valence-corrected chi connectivity index (χ4v) is 2.25. The molecule has 0 fully saturated rings. The summed E-state index contributed by atoms with van der Waals surface area (Å²) in [4.78, 5) is 0. The van der Waals surface area contributed by atoms with Gasteiger partial charge in [-0.05, 0) is 62.8 Å². The van der Waals surface area contributed by atoms with Crippen LogP contribution in [-0.4, -0.2) is 12.1 Å². The minimum Gasteiger partial charge on any atom is -0.379 e. The van der Waals surface area contributed by atoms with E-state index in [0.717, 1.165) is 0 Å². The molecule has 3 N–H and O–H groups in total. The lowest BCUT2D eigenvalue weighted by atomic mass is 9.91. The first-order chi connectivity index (χ1) is 7.61. The van der Waals surface area contributed by atoms with E-state index < -0.39 is 0 Å². The molecule has 0 unspecified atom stereocenters. The molecule has 2 heteroatoms. The third-order valence-electron chi connectivity index (χ3n) is 3.34. The molecule has 0 aromatic heterocycles. The summed E-state index contributed by atoms with van der Waals surface area (Å²) < 4.78 is 0. The first-order valence-corrected chi connectivity index (χ1v) is 6.21. The molecule has 16 heavy (non-hydrogen) atoms. The maximum absolute atomic E-state index is 5.73. The number of nitrogens with two attached hydrogens (primary N) is 1. The predicted molar refractivity (Wildman–Crippen MR) is 69.8 cm³/mol. The summed E-state index contributed by atoms with van der Waals surface area (Å²) in [5, 5.41) is 3.49. The summed E-state index contributed by atoms with van der Waals surface area (Å²) in [6, 6.07) is 6.75. The van der Waals surface area contributed by atoms with Gasteiger partial charge in [0.2, 0.25) is 0 Å². The van der Waals surface area contributed by atoms with Crippen LogP contribution in [0, 0.1) is 0 Å². The summed E-state index contributed by atoms with van der Waals surface area (Å²) in [6.45, 7) is 4.91. The van der Waals surface area contributed by atoms with E-state index >= 15 is 0 Å². The molecule has 0 saturated heterocycles. The molecule has 0 spiro atoms. The molecule has 0 amide bonds. The second-order valence-corrected chi connectivity index (χ2v) is 5.40. The van der Waals surface area contributed by atoms with Crippen LogP contribution in [0.4, 0.5) is 5.69 Å². The monoisotopic (exact) mass is 218 g/mol. The summed E-state index contributed by atoms with van der Waals surface area (Å²) in [5.41, 5.74) is 9.96. The van der Waals surface area contributed by atoms with Crippen molar-refractivity contribution in [2.75, 3.05) is 11.9 Å². The lowest BCUT2D eigenvalue weighted by Gasteiger charge is -2.27. The molecule has 0 bridgehead atoms. The van der Waals surface area contributed by atoms with Gasteiger partial charge < -0.3 is 11.1 Å². The Morgan fingerprint density at radius 3 is 2.56 bits per heavy atom. The van der Waals surface area contributed by atoms with Crippen molar-refractivity contribution in [1.29, 1.82) is 0 Å². The maximum Gasteiger partial charge on any atom is 0.0439 e. The average Bonchev–Trinajstić information content (AvgIpc) is 2.28. The molecule has 0 atom stereocenters. The zero-order valence-electron chi connectivity index (χ0n) is 10.3. The van der Waals surface area contributed by atoms with E-state index in [1.54, 1.807) is 0 Å². The summed E-state index contributed by atoms with van der Waals surface area (Å²) >= 11 is 0. The minimum atomic E-state index is -0.0249. The third-order valence-corrected chi connectivity index (χ3v) is 3.34. The van der Waals surface area contributed by atoms with Crippen molar-refractivity contribution in [3.8, 4) is 0 Å². The van der Waals surface area contributed by atoms with Crippen molar-refractivity contribution in [2.24, 2.45) is 5.73 Å². The van der Waals surface area contributed by atoms with Crippen molar-refractivity contribution in [2.45, 2.75) is 45.1 Å². The number of anilines is 1. The fraction of sp³-hybridized carbons (Fsp3) is 0.571. The van der Waals surface area contributed by atoms with Gasteiger partial charge in [-0.15, -0.1) is 0 Å². The van der Waals surface area contributed by atoms with E-state index in [2.05, 4.69) is 37.4 Å². The van der Waals surface area contributed by atoms with Gasteiger partial charge in [-0.1, -0.05) is 6.07 Å². The largest absolute Gasteiger partial charge is 0.379 e. The Bertz CT molecular complexity index is 369. The molecular weight excluding hydrogens is 196 g/mol. The normalized spacial score (nSPS) is 15.7. The third kappa shape index (κ3) is 2.56. The number of rotatable bonds is 3. The van der Waals surface area contributed by atoms with Gasteiger partial charge in [-0.25, -0.2) is 0 Å². The molecular formula is C14H22N2. The number of fused-ring (bicyclic) bond motifs is 1. The van der Waals surface area contributed by atoms with Crippen LogP contribution in [-0.2, 0) is 12.8 Å². The number of aryl methyl sites for hydroxylation is 2. The lowest BCUT2D eigenvalue weighted by molar-refractivity contribution is 0.579. The molecule has 0 heterocycles. The van der Waals surface area contributed by atoms with Gasteiger partial charge in [0, 0.05) is 17.8 Å². The Hall–Kier alpha value is -1.02. The fourth-order valence-electron chi connectivity index (χ4n) is 2.25. The Labute approximate surface area is 98.2 Å². The topological polar surface area (TPSA) is 38.0 Å². The Kier molecular flexibility index (Phi) is 3.20. The summed E-state index contributed by atoms with van der Waals surface area (Å²) in [6.07, 6.45) is 5.15. The van der Waals surface area contributed by atoms with Gasteiger partial charge in [0.25, 0.3) is 0 Å². The molecule has 1 aromatic carbocycles. The molecule has 2 rings (SSSR count). The molecule has 1 aromatic rings. The first-order valence-electron chi connectivity index (χ1n) is 6.21. The number of hydrogen-bond acceptors (Lipinski definition) is 2. The van der Waals surface area contributed by atoms with E-state index in [4.69, 9.17) is 5.73 Å². The van der Waals surface area contributed by atoms with E-state index in [0.29, 0.717) is 6.54 Å². The van der Waals surface area contributed by atoms with E-state index in [9.17, 15) is 0 Å². The van der Waals surface area contributed by atoms with Crippen LogP contribution in [0.2, 0.25) is 0 Å². The van der Waals surface area contributed by atoms with E-state index in [-0.39, 0.29) is 5.54 Å². The molecule has 0 saturated carbocycles. The number of hydrogen-bond donors (Lipinski definition) is 2. The minimum absolute atomic E-state index is 0.0249. The number of nitrogens with one attached hydrogen (secondary N) is 1. The van der Waals surface area contributed by atoms with Crippen LogP contribution in [0.5, 0.6) is 0 Å². The highest BCUT2D eigenvalue weighted by molar-refractivity contribution is 5.51. The molecule has 88 valence electrons. The van der Waals surface area contributed by atoms with Gasteiger partial charge >= 0.3 is 0 Å². The Morgan fingerprint density at radius 2 is 1.88 bits per heavy atom. The Balaban J connectivity index is 2.17. The average molecular weight is 218 g/mol.